The quantitative estimate of drug-likeness (QED) is 0.817. The van der Waals surface area contributed by atoms with Crippen LogP contribution in [-0.4, -0.2) is 26.4 Å². The molecule has 1 heterocycles. The van der Waals surface area contributed by atoms with Crippen LogP contribution in [0, 0.1) is 5.82 Å². The van der Waals surface area contributed by atoms with E-state index in [2.05, 4.69) is 0 Å². The summed E-state index contributed by atoms with van der Waals surface area (Å²) in [6.07, 6.45) is 1.27. The second-order valence-electron chi connectivity index (χ2n) is 5.59. The maximum atomic E-state index is 14.1. The highest BCUT2D eigenvalue weighted by Gasteiger charge is 2.37. The Morgan fingerprint density at radius 3 is 2.67 bits per heavy atom. The molecule has 1 atom stereocenters. The van der Waals surface area contributed by atoms with Crippen molar-refractivity contribution in [3.8, 4) is 5.75 Å². The number of benzene rings is 2. The molecular weight excluding hydrogens is 353 g/mol. The number of methoxy groups -OCH3 is 1. The highest BCUT2D eigenvalue weighted by atomic mass is 35.5. The lowest BCUT2D eigenvalue weighted by Gasteiger charge is -2.25. The van der Waals surface area contributed by atoms with E-state index in [1.165, 1.54) is 35.7 Å². The normalized spacial score (nSPS) is 18.7. The van der Waals surface area contributed by atoms with Gasteiger partial charge in [0.2, 0.25) is 10.0 Å². The van der Waals surface area contributed by atoms with Crippen LogP contribution in [0.3, 0.4) is 0 Å². The van der Waals surface area contributed by atoms with Crippen molar-refractivity contribution in [2.75, 3.05) is 13.7 Å². The third-order valence-electron chi connectivity index (χ3n) is 4.20. The number of halogens is 2. The molecule has 7 heteroatoms. The molecule has 2 aromatic carbocycles. The van der Waals surface area contributed by atoms with E-state index in [1.807, 2.05) is 0 Å². The fourth-order valence-electron chi connectivity index (χ4n) is 3.03. The topological polar surface area (TPSA) is 46.6 Å². The van der Waals surface area contributed by atoms with Gasteiger partial charge in [-0.05, 0) is 37.1 Å². The SMILES string of the molecule is COc1ccc(S(=O)(=O)N2CCCC2c2ccccc2F)cc1Cl. The van der Waals surface area contributed by atoms with E-state index in [0.717, 1.165) is 0 Å². The van der Waals surface area contributed by atoms with E-state index in [-0.39, 0.29) is 9.92 Å². The first-order valence-corrected chi connectivity index (χ1v) is 9.37. The largest absolute Gasteiger partial charge is 0.495 e. The fraction of sp³-hybridized carbons (Fsp3) is 0.294. The maximum absolute atomic E-state index is 14.1. The van der Waals surface area contributed by atoms with Crippen molar-refractivity contribution in [1.82, 2.24) is 4.31 Å². The maximum Gasteiger partial charge on any atom is 0.243 e. The summed E-state index contributed by atoms with van der Waals surface area (Å²) in [6.45, 7) is 0.352. The summed E-state index contributed by atoms with van der Waals surface area (Å²) in [5.41, 5.74) is 0.401. The lowest BCUT2D eigenvalue weighted by atomic mass is 10.1. The summed E-state index contributed by atoms with van der Waals surface area (Å²) in [7, 11) is -2.31. The molecule has 0 amide bonds. The molecular formula is C17H17ClFNO3S. The lowest BCUT2D eigenvalue weighted by Crippen LogP contribution is -2.31. The minimum atomic E-state index is -3.77. The van der Waals surface area contributed by atoms with Crippen molar-refractivity contribution in [3.63, 3.8) is 0 Å². The highest BCUT2D eigenvalue weighted by molar-refractivity contribution is 7.89. The van der Waals surface area contributed by atoms with Crippen molar-refractivity contribution < 1.29 is 17.5 Å². The Morgan fingerprint density at radius 2 is 2.00 bits per heavy atom. The zero-order chi connectivity index (χ0) is 17.3. The van der Waals surface area contributed by atoms with Crippen LogP contribution in [0.25, 0.3) is 0 Å². The second-order valence-corrected chi connectivity index (χ2v) is 7.89. The highest BCUT2D eigenvalue weighted by Crippen LogP contribution is 2.38. The number of hydrogen-bond acceptors (Lipinski definition) is 3. The number of hydrogen-bond donors (Lipinski definition) is 0. The van der Waals surface area contributed by atoms with E-state index in [1.54, 1.807) is 18.2 Å². The molecule has 4 nitrogen and oxygen atoms in total. The van der Waals surface area contributed by atoms with Crippen molar-refractivity contribution in [2.24, 2.45) is 0 Å². The van der Waals surface area contributed by atoms with Gasteiger partial charge in [0.1, 0.15) is 11.6 Å². The third-order valence-corrected chi connectivity index (χ3v) is 6.40. The van der Waals surface area contributed by atoms with Crippen molar-refractivity contribution in [1.29, 1.82) is 0 Å². The first kappa shape index (κ1) is 17.2. The van der Waals surface area contributed by atoms with E-state index < -0.39 is 21.9 Å². The number of sulfonamides is 1. The summed E-state index contributed by atoms with van der Waals surface area (Å²) < 4.78 is 46.5. The van der Waals surface area contributed by atoms with Crippen LogP contribution in [0.2, 0.25) is 5.02 Å². The molecule has 0 radical (unpaired) electrons. The Labute approximate surface area is 145 Å². The first-order chi connectivity index (χ1) is 11.4. The standard InChI is InChI=1S/C17H17ClFNO3S/c1-23-17-9-8-12(11-14(17)18)24(21,22)20-10-4-7-16(20)13-5-2-3-6-15(13)19/h2-3,5-6,8-9,11,16H,4,7,10H2,1H3. The molecule has 0 bridgehead atoms. The molecule has 1 aliphatic rings. The number of nitrogens with zero attached hydrogens (tertiary/aromatic N) is 1. The van der Waals surface area contributed by atoms with Gasteiger partial charge in [-0.3, -0.25) is 0 Å². The van der Waals surface area contributed by atoms with Gasteiger partial charge in [-0.2, -0.15) is 4.31 Å². The summed E-state index contributed by atoms with van der Waals surface area (Å²) >= 11 is 6.05. The Balaban J connectivity index is 2.00. The van der Waals surface area contributed by atoms with E-state index >= 15 is 0 Å². The minimum Gasteiger partial charge on any atom is -0.495 e. The molecule has 24 heavy (non-hydrogen) atoms. The molecule has 1 fully saturated rings. The van der Waals surface area contributed by atoms with Crippen LogP contribution in [-0.2, 0) is 10.0 Å². The van der Waals surface area contributed by atoms with Crippen molar-refractivity contribution >= 4 is 21.6 Å². The first-order valence-electron chi connectivity index (χ1n) is 7.55. The predicted molar refractivity (Wildman–Crippen MR) is 90.3 cm³/mol. The predicted octanol–water partition coefficient (Wildman–Crippen LogP) is 4.01. The molecule has 0 spiro atoms. The number of rotatable bonds is 4. The van der Waals surface area contributed by atoms with Gasteiger partial charge >= 0.3 is 0 Å². The van der Waals surface area contributed by atoms with Crippen molar-refractivity contribution in [3.05, 3.63) is 58.9 Å². The summed E-state index contributed by atoms with van der Waals surface area (Å²) in [4.78, 5) is 0.0801. The van der Waals surface area contributed by atoms with Gasteiger partial charge in [-0.25, -0.2) is 12.8 Å². The Morgan fingerprint density at radius 1 is 1.25 bits per heavy atom. The Bertz CT molecular complexity index is 857. The van der Waals surface area contributed by atoms with Gasteiger partial charge in [0.15, 0.2) is 0 Å². The molecule has 1 unspecified atom stereocenters. The molecule has 1 aliphatic heterocycles. The van der Waals surface area contributed by atoms with Gasteiger partial charge in [-0.1, -0.05) is 29.8 Å². The van der Waals surface area contributed by atoms with Crippen LogP contribution in [0.15, 0.2) is 47.4 Å². The molecule has 3 rings (SSSR count). The van der Waals surface area contributed by atoms with Gasteiger partial charge in [-0.15, -0.1) is 0 Å². The van der Waals surface area contributed by atoms with Crippen LogP contribution >= 0.6 is 11.6 Å². The van der Waals surface area contributed by atoms with Gasteiger partial charge in [0.25, 0.3) is 0 Å². The number of ether oxygens (including phenoxy) is 1. The average molecular weight is 370 g/mol. The molecule has 0 aliphatic carbocycles. The van der Waals surface area contributed by atoms with Crippen molar-refractivity contribution in [2.45, 2.75) is 23.8 Å². The molecule has 1 saturated heterocycles. The molecule has 0 N–H and O–H groups in total. The second kappa shape index (κ2) is 6.70. The zero-order valence-corrected chi connectivity index (χ0v) is 14.6. The summed E-state index contributed by atoms with van der Waals surface area (Å²) in [5, 5.41) is 0.222. The zero-order valence-electron chi connectivity index (χ0n) is 13.1. The smallest absolute Gasteiger partial charge is 0.243 e. The van der Waals surface area contributed by atoms with Gasteiger partial charge in [0, 0.05) is 12.1 Å². The van der Waals surface area contributed by atoms with E-state index in [4.69, 9.17) is 16.3 Å². The lowest BCUT2D eigenvalue weighted by molar-refractivity contribution is 0.386. The molecule has 128 valence electrons. The monoisotopic (exact) mass is 369 g/mol. The summed E-state index contributed by atoms with van der Waals surface area (Å²) in [5.74, 6) is 0.0139. The summed E-state index contributed by atoms with van der Waals surface area (Å²) in [6, 6.07) is 10.1. The van der Waals surface area contributed by atoms with Gasteiger partial charge < -0.3 is 4.74 Å². The van der Waals surface area contributed by atoms with Crippen LogP contribution < -0.4 is 4.74 Å². The Kier molecular flexibility index (Phi) is 4.80. The van der Waals surface area contributed by atoms with E-state index in [9.17, 15) is 12.8 Å². The van der Waals surface area contributed by atoms with Crippen LogP contribution in [0.5, 0.6) is 5.75 Å². The van der Waals surface area contributed by atoms with Crippen LogP contribution in [0.4, 0.5) is 4.39 Å². The Hall–Kier alpha value is -1.63. The molecule has 2 aromatic rings. The molecule has 0 aromatic heterocycles. The van der Waals surface area contributed by atoms with E-state index in [0.29, 0.717) is 30.7 Å². The fourth-order valence-corrected chi connectivity index (χ4v) is 5.05. The molecule has 0 saturated carbocycles. The minimum absolute atomic E-state index is 0.0801. The van der Waals surface area contributed by atoms with Crippen LogP contribution in [0.1, 0.15) is 24.4 Å². The van der Waals surface area contributed by atoms with Gasteiger partial charge in [0.05, 0.1) is 23.1 Å². The average Bonchev–Trinajstić information content (AvgIpc) is 3.05. The third kappa shape index (κ3) is 3.01.